The number of hydrogen-bond donors (Lipinski definition) is 0. The lowest BCUT2D eigenvalue weighted by Gasteiger charge is -2.14. The smallest absolute Gasteiger partial charge is 0.162 e. The van der Waals surface area contributed by atoms with Crippen LogP contribution in [0.4, 0.5) is 0 Å². The normalized spacial score (nSPS) is 11.6. The summed E-state index contributed by atoms with van der Waals surface area (Å²) in [5.41, 5.74) is 0.894. The Morgan fingerprint density at radius 3 is 2.19 bits per heavy atom. The molecule has 0 aliphatic heterocycles. The van der Waals surface area contributed by atoms with Crippen LogP contribution in [-0.4, -0.2) is 19.6 Å². The molecule has 0 spiro atoms. The number of rotatable bonds is 4. The molecule has 0 bridgehead atoms. The minimum atomic E-state index is -0.151. The maximum atomic E-state index is 6.18. The van der Waals surface area contributed by atoms with Crippen molar-refractivity contribution in [1.82, 2.24) is 19.6 Å². The van der Waals surface area contributed by atoms with Crippen molar-refractivity contribution in [2.45, 2.75) is 6.17 Å². The second kappa shape index (κ2) is 6.16. The standard InChI is InChI=1S/C15H12Cl2N4/c16-13-5-3-12(14(17)11-13)4-6-15(20-9-1-7-18-20)21-10-2-8-19-21/h1-11,15H/b6-4+. The van der Waals surface area contributed by atoms with Crippen LogP contribution in [0.3, 0.4) is 0 Å². The fourth-order valence-electron chi connectivity index (χ4n) is 2.00. The Bertz CT molecular complexity index is 699. The molecule has 0 fully saturated rings. The van der Waals surface area contributed by atoms with Crippen LogP contribution in [0.2, 0.25) is 10.0 Å². The van der Waals surface area contributed by atoms with Gasteiger partial charge in [-0.1, -0.05) is 35.3 Å². The second-order valence-electron chi connectivity index (χ2n) is 4.41. The third-order valence-corrected chi connectivity index (χ3v) is 3.56. The van der Waals surface area contributed by atoms with Crippen LogP contribution >= 0.6 is 23.2 Å². The second-order valence-corrected chi connectivity index (χ2v) is 5.25. The van der Waals surface area contributed by atoms with Gasteiger partial charge in [-0.3, -0.25) is 0 Å². The van der Waals surface area contributed by atoms with Crippen LogP contribution in [0.5, 0.6) is 0 Å². The Hall–Kier alpha value is -2.04. The van der Waals surface area contributed by atoms with Gasteiger partial charge in [0.1, 0.15) is 0 Å². The lowest BCUT2D eigenvalue weighted by molar-refractivity contribution is 0.433. The lowest BCUT2D eigenvalue weighted by Crippen LogP contribution is -2.16. The first-order valence-corrected chi connectivity index (χ1v) is 7.11. The lowest BCUT2D eigenvalue weighted by atomic mass is 10.2. The van der Waals surface area contributed by atoms with Crippen LogP contribution in [0.1, 0.15) is 11.7 Å². The molecule has 6 heteroatoms. The molecule has 4 nitrogen and oxygen atoms in total. The third kappa shape index (κ3) is 3.17. The fraction of sp³-hybridized carbons (Fsp3) is 0.0667. The van der Waals surface area contributed by atoms with Gasteiger partial charge in [0.25, 0.3) is 0 Å². The number of halogens is 2. The van der Waals surface area contributed by atoms with Crippen molar-refractivity contribution in [3.63, 3.8) is 0 Å². The van der Waals surface area contributed by atoms with Crippen LogP contribution in [-0.2, 0) is 0 Å². The highest BCUT2D eigenvalue weighted by molar-refractivity contribution is 6.35. The molecule has 0 saturated heterocycles. The fourth-order valence-corrected chi connectivity index (χ4v) is 2.47. The van der Waals surface area contributed by atoms with Gasteiger partial charge in [0.15, 0.2) is 6.17 Å². The number of aromatic nitrogens is 4. The largest absolute Gasteiger partial charge is 0.244 e. The van der Waals surface area contributed by atoms with E-state index in [1.54, 1.807) is 18.5 Å². The molecule has 2 heterocycles. The van der Waals surface area contributed by atoms with E-state index in [1.807, 2.05) is 58.2 Å². The molecule has 0 aliphatic rings. The zero-order valence-corrected chi connectivity index (χ0v) is 12.5. The van der Waals surface area contributed by atoms with Gasteiger partial charge in [0, 0.05) is 34.8 Å². The van der Waals surface area contributed by atoms with Gasteiger partial charge < -0.3 is 0 Å². The highest BCUT2D eigenvalue weighted by Crippen LogP contribution is 2.23. The van der Waals surface area contributed by atoms with Crippen molar-refractivity contribution in [2.75, 3.05) is 0 Å². The topological polar surface area (TPSA) is 35.6 Å². The van der Waals surface area contributed by atoms with E-state index >= 15 is 0 Å². The summed E-state index contributed by atoms with van der Waals surface area (Å²) < 4.78 is 3.63. The highest BCUT2D eigenvalue weighted by Gasteiger charge is 2.09. The van der Waals surface area contributed by atoms with E-state index in [-0.39, 0.29) is 6.17 Å². The summed E-state index contributed by atoms with van der Waals surface area (Å²) in [7, 11) is 0. The molecule has 0 amide bonds. The van der Waals surface area contributed by atoms with Crippen molar-refractivity contribution < 1.29 is 0 Å². The summed E-state index contributed by atoms with van der Waals surface area (Å²) in [5.74, 6) is 0. The van der Waals surface area contributed by atoms with E-state index in [2.05, 4.69) is 10.2 Å². The molecular weight excluding hydrogens is 307 g/mol. The molecule has 0 unspecified atom stereocenters. The number of hydrogen-bond acceptors (Lipinski definition) is 2. The number of benzene rings is 1. The SMILES string of the molecule is Clc1ccc(/C=C/C(n2cccn2)n2cccn2)c(Cl)c1. The van der Waals surface area contributed by atoms with Crippen molar-refractivity contribution in [3.05, 3.63) is 76.8 Å². The third-order valence-electron chi connectivity index (χ3n) is 3.00. The molecule has 21 heavy (non-hydrogen) atoms. The van der Waals surface area contributed by atoms with E-state index in [1.165, 1.54) is 0 Å². The van der Waals surface area contributed by atoms with Gasteiger partial charge in [0.05, 0.1) is 0 Å². The summed E-state index contributed by atoms with van der Waals surface area (Å²) in [6, 6.07) is 9.16. The highest BCUT2D eigenvalue weighted by atomic mass is 35.5. The molecule has 0 aliphatic carbocycles. The molecule has 0 saturated carbocycles. The first kappa shape index (κ1) is 13.9. The first-order valence-electron chi connectivity index (χ1n) is 6.35. The van der Waals surface area contributed by atoms with Crippen LogP contribution < -0.4 is 0 Å². The van der Waals surface area contributed by atoms with E-state index in [4.69, 9.17) is 23.2 Å². The average molecular weight is 319 g/mol. The van der Waals surface area contributed by atoms with Gasteiger partial charge >= 0.3 is 0 Å². The Morgan fingerprint density at radius 1 is 1.00 bits per heavy atom. The van der Waals surface area contributed by atoms with E-state index in [9.17, 15) is 0 Å². The Balaban J connectivity index is 1.93. The van der Waals surface area contributed by atoms with Crippen molar-refractivity contribution in [1.29, 1.82) is 0 Å². The Kier molecular flexibility index (Phi) is 4.08. The van der Waals surface area contributed by atoms with Gasteiger partial charge in [-0.2, -0.15) is 10.2 Å². The molecule has 3 rings (SSSR count). The Morgan fingerprint density at radius 2 is 1.67 bits per heavy atom. The number of allylic oxidation sites excluding steroid dienone is 1. The summed E-state index contributed by atoms with van der Waals surface area (Å²) in [5, 5.41) is 9.77. The molecule has 0 N–H and O–H groups in total. The molecular formula is C15H12Cl2N4. The zero-order chi connectivity index (χ0) is 14.7. The molecule has 0 radical (unpaired) electrons. The van der Waals surface area contributed by atoms with Crippen LogP contribution in [0.15, 0.2) is 61.2 Å². The maximum absolute atomic E-state index is 6.18. The predicted molar refractivity (Wildman–Crippen MR) is 84.4 cm³/mol. The zero-order valence-electron chi connectivity index (χ0n) is 11.0. The predicted octanol–water partition coefficient (Wildman–Crippen LogP) is 4.15. The maximum Gasteiger partial charge on any atom is 0.162 e. The molecule has 106 valence electrons. The first-order chi connectivity index (χ1) is 10.2. The average Bonchev–Trinajstić information content (AvgIpc) is 3.14. The minimum Gasteiger partial charge on any atom is -0.244 e. The monoisotopic (exact) mass is 318 g/mol. The summed E-state index contributed by atoms with van der Waals surface area (Å²) >= 11 is 12.1. The molecule has 0 atom stereocenters. The summed E-state index contributed by atoms with van der Waals surface area (Å²) in [4.78, 5) is 0. The Labute approximate surface area is 132 Å². The van der Waals surface area contributed by atoms with E-state index < -0.39 is 0 Å². The van der Waals surface area contributed by atoms with Gasteiger partial charge in [-0.25, -0.2) is 9.36 Å². The van der Waals surface area contributed by atoms with Crippen molar-refractivity contribution in [2.24, 2.45) is 0 Å². The van der Waals surface area contributed by atoms with Gasteiger partial charge in [-0.05, 0) is 35.9 Å². The summed E-state index contributed by atoms with van der Waals surface area (Å²) in [6.07, 6.45) is 11.0. The van der Waals surface area contributed by atoms with Crippen molar-refractivity contribution in [3.8, 4) is 0 Å². The van der Waals surface area contributed by atoms with Gasteiger partial charge in [0.2, 0.25) is 0 Å². The number of nitrogens with zero attached hydrogens (tertiary/aromatic N) is 4. The molecule has 1 aromatic carbocycles. The molecule has 2 aromatic heterocycles. The summed E-state index contributed by atoms with van der Waals surface area (Å²) in [6.45, 7) is 0. The van der Waals surface area contributed by atoms with Gasteiger partial charge in [-0.15, -0.1) is 0 Å². The van der Waals surface area contributed by atoms with Crippen molar-refractivity contribution >= 4 is 29.3 Å². The molecule has 3 aromatic rings. The van der Waals surface area contributed by atoms with E-state index in [0.717, 1.165) is 5.56 Å². The minimum absolute atomic E-state index is 0.151. The van der Waals surface area contributed by atoms with Crippen LogP contribution in [0, 0.1) is 0 Å². The van der Waals surface area contributed by atoms with Crippen LogP contribution in [0.25, 0.3) is 6.08 Å². The quantitative estimate of drug-likeness (QED) is 0.724. The van der Waals surface area contributed by atoms with E-state index in [0.29, 0.717) is 10.0 Å².